The maximum atomic E-state index is 13.5. The van der Waals surface area contributed by atoms with Crippen molar-refractivity contribution in [2.24, 2.45) is 0 Å². The van der Waals surface area contributed by atoms with Crippen LogP contribution in [0.3, 0.4) is 0 Å². The minimum atomic E-state index is -0.414. The molecule has 1 aliphatic heterocycles. The number of anilines is 2. The topological polar surface area (TPSA) is 88.4 Å². The van der Waals surface area contributed by atoms with Crippen LogP contribution in [0, 0.1) is 0 Å². The predicted molar refractivity (Wildman–Crippen MR) is 123 cm³/mol. The van der Waals surface area contributed by atoms with Gasteiger partial charge < -0.3 is 20.4 Å². The molecule has 0 radical (unpaired) electrons. The quantitative estimate of drug-likeness (QED) is 0.210. The van der Waals surface area contributed by atoms with Gasteiger partial charge in [0, 0.05) is 53.3 Å². The lowest BCUT2D eigenvalue weighted by Gasteiger charge is -2.18. The Kier molecular flexibility index (Phi) is 4.59. The van der Waals surface area contributed by atoms with Gasteiger partial charge in [-0.2, -0.15) is 0 Å². The minimum absolute atomic E-state index is 0.0306. The number of benzene rings is 3. The molecule has 1 atom stereocenters. The largest absolute Gasteiger partial charge is 0.426 e. The lowest BCUT2D eigenvalue weighted by Crippen LogP contribution is -2.30. The number of amides is 1. The number of hydrogen-bond donors (Lipinski definition) is 2. The van der Waals surface area contributed by atoms with Crippen LogP contribution < -0.4 is 15.4 Å². The number of esters is 1. The van der Waals surface area contributed by atoms with E-state index < -0.39 is 5.97 Å². The average Bonchev–Trinajstić information content (AvgIpc) is 3.34. The second-order valence-electron chi connectivity index (χ2n) is 7.74. The van der Waals surface area contributed by atoms with Crippen LogP contribution >= 0.6 is 11.6 Å². The standard InChI is InChI=1S/C24H20ClN3O3/c1-13(29)31-22-10-21-23(18-5-3-2-4-17(18)22)15(11-25)12-28(21)24(30)20-9-14-8-16(26)6-7-19(14)27-20/h2-10,15,27H,11-12,26H2,1H3/t15-/m1/s1. The zero-order chi connectivity index (χ0) is 21.7. The molecule has 0 saturated heterocycles. The fraction of sp³-hybridized carbons (Fsp3) is 0.167. The number of halogens is 1. The number of nitrogens with two attached hydrogens (primary N) is 1. The van der Waals surface area contributed by atoms with Crippen molar-refractivity contribution in [3.8, 4) is 5.75 Å². The van der Waals surface area contributed by atoms with Crippen LogP contribution in [0.2, 0.25) is 0 Å². The molecule has 156 valence electrons. The van der Waals surface area contributed by atoms with Gasteiger partial charge in [0.15, 0.2) is 0 Å². The van der Waals surface area contributed by atoms with Gasteiger partial charge in [0.2, 0.25) is 0 Å². The van der Waals surface area contributed by atoms with E-state index in [4.69, 9.17) is 22.1 Å². The third-order valence-electron chi connectivity index (χ3n) is 5.69. The first-order valence-corrected chi connectivity index (χ1v) is 10.5. The molecule has 3 N–H and O–H groups in total. The monoisotopic (exact) mass is 433 g/mol. The van der Waals surface area contributed by atoms with Crippen LogP contribution in [0.25, 0.3) is 21.7 Å². The fourth-order valence-corrected chi connectivity index (χ4v) is 4.63. The predicted octanol–water partition coefficient (Wildman–Crippen LogP) is 4.81. The van der Waals surface area contributed by atoms with Crippen molar-refractivity contribution in [2.75, 3.05) is 23.1 Å². The molecule has 2 heterocycles. The van der Waals surface area contributed by atoms with Crippen molar-refractivity contribution >= 4 is 56.5 Å². The zero-order valence-corrected chi connectivity index (χ0v) is 17.6. The molecule has 5 rings (SSSR count). The van der Waals surface area contributed by atoms with E-state index in [1.807, 2.05) is 36.4 Å². The first-order valence-electron chi connectivity index (χ1n) is 9.96. The van der Waals surface area contributed by atoms with Crippen molar-refractivity contribution < 1.29 is 14.3 Å². The Morgan fingerprint density at radius 1 is 1.16 bits per heavy atom. The fourth-order valence-electron chi connectivity index (χ4n) is 4.38. The number of hydrogen-bond acceptors (Lipinski definition) is 4. The number of nitrogens with one attached hydrogen (secondary N) is 1. The molecule has 0 saturated carbocycles. The van der Waals surface area contributed by atoms with Gasteiger partial charge in [-0.25, -0.2) is 0 Å². The Bertz CT molecular complexity index is 1360. The Balaban J connectivity index is 1.66. The van der Waals surface area contributed by atoms with Crippen LogP contribution in [0.4, 0.5) is 11.4 Å². The molecular weight excluding hydrogens is 414 g/mol. The molecule has 1 aromatic heterocycles. The summed E-state index contributed by atoms with van der Waals surface area (Å²) in [7, 11) is 0. The van der Waals surface area contributed by atoms with Crippen LogP contribution in [-0.4, -0.2) is 29.3 Å². The summed E-state index contributed by atoms with van der Waals surface area (Å²) in [6, 6.07) is 16.7. The Morgan fingerprint density at radius 2 is 1.94 bits per heavy atom. The Hall–Kier alpha value is -3.51. The van der Waals surface area contributed by atoms with Crippen LogP contribution in [-0.2, 0) is 4.79 Å². The molecular formula is C24H20ClN3O3. The number of rotatable bonds is 3. The van der Waals surface area contributed by atoms with Crippen molar-refractivity contribution in [2.45, 2.75) is 12.8 Å². The molecule has 6 nitrogen and oxygen atoms in total. The van der Waals surface area contributed by atoms with Gasteiger partial charge in [-0.05, 0) is 35.2 Å². The lowest BCUT2D eigenvalue weighted by molar-refractivity contribution is -0.131. The molecule has 0 bridgehead atoms. The van der Waals surface area contributed by atoms with Crippen LogP contribution in [0.15, 0.2) is 54.6 Å². The number of alkyl halides is 1. The minimum Gasteiger partial charge on any atom is -0.426 e. The van der Waals surface area contributed by atoms with Gasteiger partial charge in [0.1, 0.15) is 11.4 Å². The number of carbonyl (C=O) groups excluding carboxylic acids is 2. The summed E-state index contributed by atoms with van der Waals surface area (Å²) >= 11 is 6.31. The molecule has 1 aliphatic rings. The first kappa shape index (κ1) is 19.5. The van der Waals surface area contributed by atoms with Crippen LogP contribution in [0.1, 0.15) is 28.9 Å². The number of fused-ring (bicyclic) bond motifs is 4. The van der Waals surface area contributed by atoms with E-state index in [1.165, 1.54) is 6.92 Å². The summed E-state index contributed by atoms with van der Waals surface area (Å²) in [6.45, 7) is 1.81. The summed E-state index contributed by atoms with van der Waals surface area (Å²) in [5.41, 5.74) is 9.52. The van der Waals surface area contributed by atoms with Gasteiger partial charge >= 0.3 is 5.97 Å². The maximum absolute atomic E-state index is 13.5. The van der Waals surface area contributed by atoms with Gasteiger partial charge in [0.05, 0.1) is 5.69 Å². The summed E-state index contributed by atoms with van der Waals surface area (Å²) < 4.78 is 5.49. The molecule has 4 aromatic rings. The van der Waals surface area contributed by atoms with Crippen molar-refractivity contribution in [1.82, 2.24) is 4.98 Å². The van der Waals surface area contributed by atoms with E-state index >= 15 is 0 Å². The van der Waals surface area contributed by atoms with Gasteiger partial charge in [-0.15, -0.1) is 11.6 Å². The molecule has 0 fully saturated rings. The lowest BCUT2D eigenvalue weighted by atomic mass is 9.95. The molecule has 0 aliphatic carbocycles. The molecule has 0 spiro atoms. The van der Waals surface area contributed by atoms with Crippen LogP contribution in [0.5, 0.6) is 5.75 Å². The summed E-state index contributed by atoms with van der Waals surface area (Å²) in [4.78, 5) is 30.1. The molecule has 0 unspecified atom stereocenters. The normalized spacial score (nSPS) is 15.4. The summed E-state index contributed by atoms with van der Waals surface area (Å²) in [5, 5.41) is 2.62. The Morgan fingerprint density at radius 3 is 2.68 bits per heavy atom. The second-order valence-corrected chi connectivity index (χ2v) is 8.05. The van der Waals surface area contributed by atoms with E-state index in [0.29, 0.717) is 35.2 Å². The SMILES string of the molecule is CC(=O)Oc1cc2c(c3ccccc13)[C@H](CCl)CN2C(=O)c1cc2cc(N)ccc2[nH]1. The van der Waals surface area contributed by atoms with E-state index in [2.05, 4.69) is 4.98 Å². The number of aromatic amines is 1. The molecule has 3 aromatic carbocycles. The highest BCUT2D eigenvalue weighted by atomic mass is 35.5. The van der Waals surface area contributed by atoms with Gasteiger partial charge in [-0.1, -0.05) is 24.3 Å². The smallest absolute Gasteiger partial charge is 0.308 e. The number of nitrogens with zero attached hydrogens (tertiary/aromatic N) is 1. The van der Waals surface area contributed by atoms with Crippen molar-refractivity contribution in [1.29, 1.82) is 0 Å². The molecule has 7 heteroatoms. The van der Waals surface area contributed by atoms with E-state index in [1.54, 1.807) is 23.1 Å². The highest BCUT2D eigenvalue weighted by molar-refractivity contribution is 6.19. The van der Waals surface area contributed by atoms with E-state index in [9.17, 15) is 9.59 Å². The number of aromatic nitrogens is 1. The van der Waals surface area contributed by atoms with E-state index in [-0.39, 0.29) is 11.8 Å². The number of ether oxygens (including phenoxy) is 1. The maximum Gasteiger partial charge on any atom is 0.308 e. The Labute approximate surface area is 183 Å². The number of H-pyrrole nitrogens is 1. The first-order chi connectivity index (χ1) is 15.0. The zero-order valence-electron chi connectivity index (χ0n) is 16.8. The number of carbonyl (C=O) groups is 2. The number of nitrogen functional groups attached to an aromatic ring is 1. The van der Waals surface area contributed by atoms with Crippen molar-refractivity contribution in [3.63, 3.8) is 0 Å². The summed E-state index contributed by atoms with van der Waals surface area (Å²) in [6.07, 6.45) is 0. The van der Waals surface area contributed by atoms with E-state index in [0.717, 1.165) is 27.2 Å². The third-order valence-corrected chi connectivity index (χ3v) is 6.06. The highest BCUT2D eigenvalue weighted by Gasteiger charge is 2.35. The summed E-state index contributed by atoms with van der Waals surface area (Å²) in [5.74, 6) is 0.184. The van der Waals surface area contributed by atoms with Crippen molar-refractivity contribution in [3.05, 3.63) is 65.9 Å². The molecule has 31 heavy (non-hydrogen) atoms. The highest BCUT2D eigenvalue weighted by Crippen LogP contribution is 2.46. The van der Waals surface area contributed by atoms with Gasteiger partial charge in [0.25, 0.3) is 5.91 Å². The van der Waals surface area contributed by atoms with Gasteiger partial charge in [-0.3, -0.25) is 9.59 Å². The second kappa shape index (κ2) is 7.32. The average molecular weight is 434 g/mol. The third kappa shape index (κ3) is 3.20. The molecule has 1 amide bonds.